The third kappa shape index (κ3) is 2.97. The van der Waals surface area contributed by atoms with Crippen molar-refractivity contribution in [3.8, 4) is 0 Å². The number of hydrogen-bond acceptors (Lipinski definition) is 4. The molecule has 0 unspecified atom stereocenters. The molecule has 82 valence electrons. The molecular weight excluding hydrogens is 252 g/mol. The molecule has 0 aliphatic heterocycles. The van der Waals surface area contributed by atoms with Crippen molar-refractivity contribution in [2.45, 2.75) is 31.5 Å². The van der Waals surface area contributed by atoms with E-state index in [1.165, 1.54) is 0 Å². The van der Waals surface area contributed by atoms with Gasteiger partial charge in [0.25, 0.3) is 0 Å². The molecule has 14 heavy (non-hydrogen) atoms. The first kappa shape index (κ1) is 13.4. The summed E-state index contributed by atoms with van der Waals surface area (Å²) in [6.45, 7) is 5.57. The highest BCUT2D eigenvalue weighted by Crippen LogP contribution is 2.26. The lowest BCUT2D eigenvalue weighted by atomic mass is 10.1. The molecule has 0 aromatic rings. The minimum atomic E-state index is -1.35. The predicted molar refractivity (Wildman–Crippen MR) is 55.2 cm³/mol. The van der Waals surface area contributed by atoms with E-state index in [1.807, 2.05) is 0 Å². The summed E-state index contributed by atoms with van der Waals surface area (Å²) < 4.78 is 8.21. The Hall–Kier alpha value is -0.580. The summed E-state index contributed by atoms with van der Waals surface area (Å²) >= 11 is 3.07. The van der Waals surface area contributed by atoms with Gasteiger partial charge in [-0.1, -0.05) is 22.9 Å². The molecule has 4 nitrogen and oxygen atoms in total. The van der Waals surface area contributed by atoms with Crippen LogP contribution in [-0.4, -0.2) is 29.5 Å². The van der Waals surface area contributed by atoms with Gasteiger partial charge in [0.15, 0.2) is 0 Å². The van der Waals surface area contributed by atoms with Crippen LogP contribution in [0.15, 0.2) is 0 Å². The van der Waals surface area contributed by atoms with E-state index in [1.54, 1.807) is 20.8 Å². The summed E-state index contributed by atoms with van der Waals surface area (Å²) in [6, 6.07) is 0. The Bertz CT molecular complexity index is 197. The number of carbonyl (C=O) groups is 2. The van der Waals surface area contributed by atoms with Crippen LogP contribution in [0.5, 0.6) is 0 Å². The van der Waals surface area contributed by atoms with E-state index in [9.17, 15) is 9.59 Å². The van der Waals surface area contributed by atoms with E-state index in [2.05, 4.69) is 15.9 Å². The maximum Gasteiger partial charge on any atom is 0.334 e. The standard InChI is InChI=1S/C9H15BrO4/c1-4-9(10,7(11)13-5-2)8(12)14-6-3/h4-6H2,1-3H3. The molecule has 0 aromatic carbocycles. The molecule has 0 aliphatic carbocycles. The molecule has 0 aliphatic rings. The zero-order chi connectivity index (χ0) is 11.2. The number of carbonyl (C=O) groups excluding carboxylic acids is 2. The molecule has 0 saturated carbocycles. The third-order valence-corrected chi connectivity index (χ3v) is 2.89. The van der Waals surface area contributed by atoms with Crippen LogP contribution in [-0.2, 0) is 19.1 Å². The molecular formula is C9H15BrO4. The fourth-order valence-corrected chi connectivity index (χ4v) is 1.09. The third-order valence-electron chi connectivity index (χ3n) is 1.69. The van der Waals surface area contributed by atoms with Crippen molar-refractivity contribution in [2.24, 2.45) is 0 Å². The first-order valence-electron chi connectivity index (χ1n) is 4.56. The van der Waals surface area contributed by atoms with Gasteiger partial charge >= 0.3 is 11.9 Å². The van der Waals surface area contributed by atoms with Gasteiger partial charge < -0.3 is 9.47 Å². The van der Waals surface area contributed by atoms with Crippen LogP contribution in [0.25, 0.3) is 0 Å². The van der Waals surface area contributed by atoms with Crippen molar-refractivity contribution >= 4 is 27.9 Å². The van der Waals surface area contributed by atoms with E-state index in [-0.39, 0.29) is 13.2 Å². The molecule has 0 fully saturated rings. The van der Waals surface area contributed by atoms with Gasteiger partial charge in [0.05, 0.1) is 13.2 Å². The number of ether oxygens (including phenoxy) is 2. The highest BCUT2D eigenvalue weighted by molar-refractivity contribution is 9.10. The molecule has 0 heterocycles. The molecule has 0 spiro atoms. The lowest BCUT2D eigenvalue weighted by Crippen LogP contribution is -2.42. The SMILES string of the molecule is CCOC(=O)C(Br)(CC)C(=O)OCC. The Kier molecular flexibility index (Phi) is 5.76. The molecule has 0 amide bonds. The maximum absolute atomic E-state index is 11.4. The molecule has 0 saturated heterocycles. The minimum absolute atomic E-state index is 0.242. The van der Waals surface area contributed by atoms with Crippen molar-refractivity contribution in [3.05, 3.63) is 0 Å². The summed E-state index contributed by atoms with van der Waals surface area (Å²) in [7, 11) is 0. The van der Waals surface area contributed by atoms with Crippen LogP contribution in [0, 0.1) is 0 Å². The van der Waals surface area contributed by atoms with Crippen LogP contribution in [0.2, 0.25) is 0 Å². The zero-order valence-electron chi connectivity index (χ0n) is 8.63. The zero-order valence-corrected chi connectivity index (χ0v) is 10.2. The lowest BCUT2D eigenvalue weighted by molar-refractivity contribution is -0.158. The lowest BCUT2D eigenvalue weighted by Gasteiger charge is -2.21. The molecule has 0 N–H and O–H groups in total. The Morgan fingerprint density at radius 1 is 1.07 bits per heavy atom. The van der Waals surface area contributed by atoms with Crippen molar-refractivity contribution in [1.82, 2.24) is 0 Å². The van der Waals surface area contributed by atoms with Gasteiger partial charge in [-0.05, 0) is 20.3 Å². The Balaban J connectivity index is 4.60. The number of alkyl halides is 1. The van der Waals surface area contributed by atoms with Crippen LogP contribution >= 0.6 is 15.9 Å². The summed E-state index contributed by atoms with van der Waals surface area (Å²) in [6.07, 6.45) is 0.296. The van der Waals surface area contributed by atoms with E-state index in [4.69, 9.17) is 9.47 Å². The number of halogens is 1. The van der Waals surface area contributed by atoms with E-state index in [0.29, 0.717) is 6.42 Å². The first-order chi connectivity index (χ1) is 6.52. The number of hydrogen-bond donors (Lipinski definition) is 0. The molecule has 0 atom stereocenters. The summed E-state index contributed by atoms with van der Waals surface area (Å²) in [5.74, 6) is -1.19. The van der Waals surface area contributed by atoms with Crippen molar-refractivity contribution < 1.29 is 19.1 Å². The molecule has 0 radical (unpaired) electrons. The molecule has 0 aromatic heterocycles. The Morgan fingerprint density at radius 2 is 1.43 bits per heavy atom. The fraction of sp³-hybridized carbons (Fsp3) is 0.778. The van der Waals surface area contributed by atoms with Crippen LogP contribution < -0.4 is 0 Å². The van der Waals surface area contributed by atoms with Gasteiger partial charge in [-0.2, -0.15) is 0 Å². The van der Waals surface area contributed by atoms with Gasteiger partial charge in [0, 0.05) is 0 Å². The second-order valence-corrected chi connectivity index (χ2v) is 3.95. The molecule has 0 rings (SSSR count). The van der Waals surface area contributed by atoms with Crippen LogP contribution in [0.3, 0.4) is 0 Å². The van der Waals surface area contributed by atoms with Gasteiger partial charge in [-0.3, -0.25) is 0 Å². The first-order valence-corrected chi connectivity index (χ1v) is 5.35. The summed E-state index contributed by atoms with van der Waals surface area (Å²) in [5.41, 5.74) is 0. The Labute approximate surface area is 92.1 Å². The maximum atomic E-state index is 11.4. The van der Waals surface area contributed by atoms with Gasteiger partial charge in [0.2, 0.25) is 4.32 Å². The largest absolute Gasteiger partial charge is 0.465 e. The predicted octanol–water partition coefficient (Wildman–Crippen LogP) is 1.66. The molecule has 0 bridgehead atoms. The van der Waals surface area contributed by atoms with Crippen molar-refractivity contribution in [3.63, 3.8) is 0 Å². The highest BCUT2D eigenvalue weighted by Gasteiger charge is 2.44. The highest BCUT2D eigenvalue weighted by atomic mass is 79.9. The van der Waals surface area contributed by atoms with Crippen molar-refractivity contribution in [2.75, 3.05) is 13.2 Å². The summed E-state index contributed by atoms with van der Waals surface area (Å²) in [4.78, 5) is 22.9. The monoisotopic (exact) mass is 266 g/mol. The minimum Gasteiger partial charge on any atom is -0.465 e. The van der Waals surface area contributed by atoms with Crippen molar-refractivity contribution in [1.29, 1.82) is 0 Å². The fourth-order valence-electron chi connectivity index (χ4n) is 0.863. The average molecular weight is 267 g/mol. The van der Waals surface area contributed by atoms with Gasteiger partial charge in [-0.25, -0.2) is 9.59 Å². The van der Waals surface area contributed by atoms with E-state index < -0.39 is 16.3 Å². The normalized spacial score (nSPS) is 10.9. The second kappa shape index (κ2) is 6.01. The molecule has 5 heteroatoms. The number of esters is 2. The quantitative estimate of drug-likeness (QED) is 0.432. The van der Waals surface area contributed by atoms with E-state index >= 15 is 0 Å². The average Bonchev–Trinajstić information content (AvgIpc) is 2.17. The van der Waals surface area contributed by atoms with Gasteiger partial charge in [0.1, 0.15) is 0 Å². The smallest absolute Gasteiger partial charge is 0.334 e. The van der Waals surface area contributed by atoms with Gasteiger partial charge in [-0.15, -0.1) is 0 Å². The topological polar surface area (TPSA) is 52.6 Å². The van der Waals surface area contributed by atoms with Crippen LogP contribution in [0.1, 0.15) is 27.2 Å². The summed E-state index contributed by atoms with van der Waals surface area (Å²) in [5, 5.41) is 0. The second-order valence-electron chi connectivity index (χ2n) is 2.60. The number of rotatable bonds is 5. The van der Waals surface area contributed by atoms with E-state index in [0.717, 1.165) is 0 Å². The van der Waals surface area contributed by atoms with Crippen LogP contribution in [0.4, 0.5) is 0 Å². The Morgan fingerprint density at radius 3 is 1.64 bits per heavy atom.